The van der Waals surface area contributed by atoms with Crippen molar-refractivity contribution in [3.05, 3.63) is 0 Å². The largest absolute Gasteiger partial charge is 0.750 e. The molecule has 0 fully saturated rings. The summed E-state index contributed by atoms with van der Waals surface area (Å²) in [6, 6.07) is 0. The van der Waals surface area contributed by atoms with Gasteiger partial charge in [0.05, 0.1) is 11.4 Å². The molecule has 8 heavy (non-hydrogen) atoms. The molecule has 0 aliphatic heterocycles. The Morgan fingerprint density at radius 2 is 2.50 bits per heavy atom. The maximum Gasteiger partial charge on any atom is 0.131 e. The molecule has 0 aromatic heterocycles. The van der Waals surface area contributed by atoms with Crippen molar-refractivity contribution in [1.82, 2.24) is 0 Å². The van der Waals surface area contributed by atoms with Crippen LogP contribution in [0, 0.1) is 12.3 Å². The van der Waals surface area contributed by atoms with Crippen LogP contribution in [-0.2, 0) is 15.5 Å². The summed E-state index contributed by atoms with van der Waals surface area (Å²) in [6.45, 7) is 1.47. The second kappa shape index (κ2) is 3.61. The Bertz CT molecular complexity index is 126. The van der Waals surface area contributed by atoms with Crippen molar-refractivity contribution >= 4 is 11.4 Å². The molecule has 0 amide bonds. The van der Waals surface area contributed by atoms with E-state index in [0.29, 0.717) is 0 Å². The fourth-order valence-electron chi connectivity index (χ4n) is 0.146. The van der Waals surface area contributed by atoms with Gasteiger partial charge in [0.15, 0.2) is 0 Å². The van der Waals surface area contributed by atoms with Crippen LogP contribution in [0.15, 0.2) is 0 Å². The van der Waals surface area contributed by atoms with Crippen LogP contribution in [0.4, 0.5) is 0 Å². The van der Waals surface area contributed by atoms with Crippen molar-refractivity contribution in [2.75, 3.05) is 0 Å². The Balaban J connectivity index is 3.43. The molecule has 0 aliphatic carbocycles. The highest BCUT2D eigenvalue weighted by Crippen LogP contribution is 1.88. The van der Waals surface area contributed by atoms with Gasteiger partial charge in [-0.3, -0.25) is 4.18 Å². The molecule has 0 aromatic rings. The van der Waals surface area contributed by atoms with Gasteiger partial charge in [-0.1, -0.05) is 5.92 Å². The minimum absolute atomic E-state index is 0.659. The van der Waals surface area contributed by atoms with Gasteiger partial charge in [0.2, 0.25) is 0 Å². The van der Waals surface area contributed by atoms with E-state index >= 15 is 0 Å². The number of hydrogen-bond acceptors (Lipinski definition) is 3. The van der Waals surface area contributed by atoms with Crippen LogP contribution >= 0.6 is 0 Å². The zero-order valence-electron chi connectivity index (χ0n) is 4.29. The van der Waals surface area contributed by atoms with E-state index in [1.807, 2.05) is 0 Å². The first-order chi connectivity index (χ1) is 3.66. The number of hydrogen-bond donors (Lipinski definition) is 0. The second-order valence-electron chi connectivity index (χ2n) is 1.11. The van der Waals surface area contributed by atoms with Crippen molar-refractivity contribution < 1.29 is 12.9 Å². The van der Waals surface area contributed by atoms with E-state index in [1.165, 1.54) is 6.92 Å². The Morgan fingerprint density at radius 1 is 2.00 bits per heavy atom. The van der Waals surface area contributed by atoms with Gasteiger partial charge in [0.1, 0.15) is 6.10 Å². The SMILES string of the molecule is C#CC(C)OS(=O)[O-]. The summed E-state index contributed by atoms with van der Waals surface area (Å²) < 4.78 is 23.4. The van der Waals surface area contributed by atoms with Crippen molar-refractivity contribution in [3.8, 4) is 12.3 Å². The van der Waals surface area contributed by atoms with E-state index in [0.717, 1.165) is 0 Å². The highest BCUT2D eigenvalue weighted by molar-refractivity contribution is 7.74. The van der Waals surface area contributed by atoms with Gasteiger partial charge in [-0.05, 0) is 6.92 Å². The van der Waals surface area contributed by atoms with Crippen LogP contribution in [0.2, 0.25) is 0 Å². The van der Waals surface area contributed by atoms with Gasteiger partial charge >= 0.3 is 0 Å². The monoisotopic (exact) mass is 133 g/mol. The third kappa shape index (κ3) is 3.81. The average molecular weight is 133 g/mol. The molecule has 0 N–H and O–H groups in total. The molecule has 4 heteroatoms. The summed E-state index contributed by atoms with van der Waals surface area (Å²) in [7, 11) is 0. The lowest BCUT2D eigenvalue weighted by Gasteiger charge is -2.06. The third-order valence-corrected chi connectivity index (χ3v) is 0.903. The minimum Gasteiger partial charge on any atom is -0.750 e. The lowest BCUT2D eigenvalue weighted by molar-refractivity contribution is 0.269. The van der Waals surface area contributed by atoms with Crippen LogP contribution < -0.4 is 0 Å². The van der Waals surface area contributed by atoms with E-state index in [4.69, 9.17) is 6.42 Å². The molecule has 0 radical (unpaired) electrons. The summed E-state index contributed by atoms with van der Waals surface area (Å²) in [5.41, 5.74) is 0. The zero-order chi connectivity index (χ0) is 6.57. The average Bonchev–Trinajstić information content (AvgIpc) is 1.65. The molecule has 0 saturated carbocycles. The maximum atomic E-state index is 9.65. The lowest BCUT2D eigenvalue weighted by atomic mass is 10.4. The van der Waals surface area contributed by atoms with Gasteiger partial charge < -0.3 is 4.55 Å². The smallest absolute Gasteiger partial charge is 0.131 e. The quantitative estimate of drug-likeness (QED) is 0.388. The summed E-state index contributed by atoms with van der Waals surface area (Å²) in [6.07, 6.45) is 4.11. The molecule has 0 spiro atoms. The Labute approximate surface area is 50.5 Å². The molecule has 2 unspecified atom stereocenters. The third-order valence-electron chi connectivity index (χ3n) is 0.458. The Morgan fingerprint density at radius 3 is 2.62 bits per heavy atom. The molecule has 0 bridgehead atoms. The van der Waals surface area contributed by atoms with Crippen molar-refractivity contribution in [1.29, 1.82) is 0 Å². The van der Waals surface area contributed by atoms with Gasteiger partial charge in [-0.15, -0.1) is 6.42 Å². The van der Waals surface area contributed by atoms with Crippen LogP contribution in [0.25, 0.3) is 0 Å². The molecule has 0 heterocycles. The maximum absolute atomic E-state index is 9.65. The van der Waals surface area contributed by atoms with E-state index in [-0.39, 0.29) is 0 Å². The van der Waals surface area contributed by atoms with Crippen LogP contribution in [0.3, 0.4) is 0 Å². The molecule has 0 aromatic carbocycles. The molecular formula is C4H5O3S-. The van der Waals surface area contributed by atoms with Gasteiger partial charge in [0.25, 0.3) is 0 Å². The predicted octanol–water partition coefficient (Wildman–Crippen LogP) is -0.181. The van der Waals surface area contributed by atoms with E-state index in [1.54, 1.807) is 0 Å². The van der Waals surface area contributed by atoms with Crippen molar-refractivity contribution in [3.63, 3.8) is 0 Å². The van der Waals surface area contributed by atoms with Gasteiger partial charge in [-0.25, -0.2) is 4.21 Å². The van der Waals surface area contributed by atoms with E-state index in [2.05, 4.69) is 10.1 Å². The predicted molar refractivity (Wildman–Crippen MR) is 28.3 cm³/mol. The summed E-state index contributed by atoms with van der Waals surface area (Å²) in [4.78, 5) is 0. The van der Waals surface area contributed by atoms with Crippen molar-refractivity contribution in [2.24, 2.45) is 0 Å². The van der Waals surface area contributed by atoms with E-state index < -0.39 is 17.5 Å². The van der Waals surface area contributed by atoms with Gasteiger partial charge in [-0.2, -0.15) is 0 Å². The minimum atomic E-state index is -2.49. The summed E-state index contributed by atoms with van der Waals surface area (Å²) >= 11 is -2.49. The first-order valence-corrected chi connectivity index (χ1v) is 2.89. The molecule has 2 atom stereocenters. The fourth-order valence-corrected chi connectivity index (χ4v) is 0.437. The van der Waals surface area contributed by atoms with Crippen LogP contribution in [0.1, 0.15) is 6.92 Å². The Hall–Kier alpha value is -0.370. The normalized spacial score (nSPS) is 16.6. The first kappa shape index (κ1) is 7.63. The molecule has 3 nitrogen and oxygen atoms in total. The molecule has 0 rings (SSSR count). The van der Waals surface area contributed by atoms with Crippen LogP contribution in [0.5, 0.6) is 0 Å². The van der Waals surface area contributed by atoms with Gasteiger partial charge in [0, 0.05) is 0 Å². The Kier molecular flexibility index (Phi) is 3.44. The molecule has 0 saturated heterocycles. The molecule has 46 valence electrons. The van der Waals surface area contributed by atoms with E-state index in [9.17, 15) is 8.76 Å². The summed E-state index contributed by atoms with van der Waals surface area (Å²) in [5, 5.41) is 0. The van der Waals surface area contributed by atoms with Crippen molar-refractivity contribution in [2.45, 2.75) is 13.0 Å². The topological polar surface area (TPSA) is 49.4 Å². The zero-order valence-corrected chi connectivity index (χ0v) is 5.10. The number of terminal acetylenes is 1. The lowest BCUT2D eigenvalue weighted by Crippen LogP contribution is -2.06. The standard InChI is InChI=1S/C4H6O3S/c1-3-4(2)7-8(5)6/h1,4H,2H3,(H,5,6)/p-1. The second-order valence-corrected chi connectivity index (χ2v) is 1.71. The van der Waals surface area contributed by atoms with Crippen LogP contribution in [-0.4, -0.2) is 14.9 Å². The highest BCUT2D eigenvalue weighted by atomic mass is 32.2. The fraction of sp³-hybridized carbons (Fsp3) is 0.500. The molecular weight excluding hydrogens is 128 g/mol. The summed E-state index contributed by atoms with van der Waals surface area (Å²) in [5.74, 6) is 2.08. The first-order valence-electron chi connectivity index (χ1n) is 1.89. The molecule has 0 aliphatic rings. The number of rotatable bonds is 2. The highest BCUT2D eigenvalue weighted by Gasteiger charge is 1.92.